The Hall–Kier alpha value is -1.84. The highest BCUT2D eigenvalue weighted by molar-refractivity contribution is 6.30. The van der Waals surface area contributed by atoms with Gasteiger partial charge in [0, 0.05) is 22.7 Å². The quantitative estimate of drug-likeness (QED) is 0.821. The van der Waals surface area contributed by atoms with Crippen LogP contribution in [0.25, 0.3) is 0 Å². The lowest BCUT2D eigenvalue weighted by molar-refractivity contribution is -0.116. The van der Waals surface area contributed by atoms with Gasteiger partial charge in [0.2, 0.25) is 5.91 Å². The molecular formula is C18H20ClNO2. The molecule has 0 aliphatic carbocycles. The van der Waals surface area contributed by atoms with E-state index in [0.29, 0.717) is 22.7 Å². The van der Waals surface area contributed by atoms with Crippen molar-refractivity contribution in [3.05, 3.63) is 64.7 Å². The lowest BCUT2D eigenvalue weighted by Crippen LogP contribution is -2.14. The Kier molecular flexibility index (Phi) is 5.99. The molecule has 2 aromatic carbocycles. The SMILES string of the molecule is CCCCC(=O)Nc1ccc(Cl)cc1C(O)c1ccccc1. The predicted molar refractivity (Wildman–Crippen MR) is 90.1 cm³/mol. The van der Waals surface area contributed by atoms with E-state index in [2.05, 4.69) is 5.32 Å². The molecule has 22 heavy (non-hydrogen) atoms. The van der Waals surface area contributed by atoms with Gasteiger partial charge in [-0.05, 0) is 30.2 Å². The summed E-state index contributed by atoms with van der Waals surface area (Å²) in [4.78, 5) is 11.9. The first-order valence-electron chi connectivity index (χ1n) is 7.44. The predicted octanol–water partition coefficient (Wildman–Crippen LogP) is 4.55. The summed E-state index contributed by atoms with van der Waals surface area (Å²) in [7, 11) is 0. The van der Waals surface area contributed by atoms with Gasteiger partial charge < -0.3 is 10.4 Å². The second kappa shape index (κ2) is 7.97. The summed E-state index contributed by atoms with van der Waals surface area (Å²) in [6, 6.07) is 14.4. The van der Waals surface area contributed by atoms with E-state index in [1.54, 1.807) is 18.2 Å². The van der Waals surface area contributed by atoms with Crippen LogP contribution in [0.3, 0.4) is 0 Å². The summed E-state index contributed by atoms with van der Waals surface area (Å²) in [5, 5.41) is 14.0. The van der Waals surface area contributed by atoms with E-state index in [-0.39, 0.29) is 5.91 Å². The number of anilines is 1. The zero-order valence-corrected chi connectivity index (χ0v) is 13.3. The van der Waals surface area contributed by atoms with Crippen molar-refractivity contribution in [2.75, 3.05) is 5.32 Å². The van der Waals surface area contributed by atoms with Gasteiger partial charge >= 0.3 is 0 Å². The fourth-order valence-corrected chi connectivity index (χ4v) is 2.42. The van der Waals surface area contributed by atoms with E-state index in [4.69, 9.17) is 11.6 Å². The average molecular weight is 318 g/mol. The van der Waals surface area contributed by atoms with Gasteiger partial charge in [-0.15, -0.1) is 0 Å². The van der Waals surface area contributed by atoms with Crippen LogP contribution in [-0.4, -0.2) is 11.0 Å². The van der Waals surface area contributed by atoms with Crippen molar-refractivity contribution >= 4 is 23.2 Å². The largest absolute Gasteiger partial charge is 0.384 e. The van der Waals surface area contributed by atoms with Gasteiger partial charge in [-0.1, -0.05) is 55.3 Å². The molecule has 2 rings (SSSR count). The Balaban J connectivity index is 2.26. The third-order valence-electron chi connectivity index (χ3n) is 3.45. The molecule has 4 heteroatoms. The summed E-state index contributed by atoms with van der Waals surface area (Å²) < 4.78 is 0. The summed E-state index contributed by atoms with van der Waals surface area (Å²) in [6.07, 6.45) is 1.45. The lowest BCUT2D eigenvalue weighted by atomic mass is 10.00. The van der Waals surface area contributed by atoms with Gasteiger partial charge in [0.1, 0.15) is 6.10 Å². The number of rotatable bonds is 6. The third-order valence-corrected chi connectivity index (χ3v) is 3.69. The van der Waals surface area contributed by atoms with Crippen molar-refractivity contribution < 1.29 is 9.90 Å². The maximum Gasteiger partial charge on any atom is 0.224 e. The highest BCUT2D eigenvalue weighted by Gasteiger charge is 2.16. The zero-order chi connectivity index (χ0) is 15.9. The fourth-order valence-electron chi connectivity index (χ4n) is 2.24. The fraction of sp³-hybridized carbons (Fsp3) is 0.278. The van der Waals surface area contributed by atoms with Gasteiger partial charge in [0.15, 0.2) is 0 Å². The normalized spacial score (nSPS) is 12.0. The molecule has 0 heterocycles. The van der Waals surface area contributed by atoms with Crippen LogP contribution < -0.4 is 5.32 Å². The summed E-state index contributed by atoms with van der Waals surface area (Å²) in [6.45, 7) is 2.04. The monoisotopic (exact) mass is 317 g/mol. The van der Waals surface area contributed by atoms with Gasteiger partial charge in [-0.25, -0.2) is 0 Å². The Bertz CT molecular complexity index is 628. The van der Waals surface area contributed by atoms with Crippen LogP contribution in [0.2, 0.25) is 5.02 Å². The topological polar surface area (TPSA) is 49.3 Å². The molecule has 2 N–H and O–H groups in total. The number of halogens is 1. The number of unbranched alkanes of at least 4 members (excludes halogenated alkanes) is 1. The van der Waals surface area contributed by atoms with Crippen LogP contribution in [0.5, 0.6) is 0 Å². The summed E-state index contributed by atoms with van der Waals surface area (Å²) in [5.41, 5.74) is 1.96. The van der Waals surface area contributed by atoms with Gasteiger partial charge in [-0.3, -0.25) is 4.79 Å². The minimum absolute atomic E-state index is 0.0503. The van der Waals surface area contributed by atoms with Crippen LogP contribution in [0, 0.1) is 0 Å². The molecule has 1 unspecified atom stereocenters. The molecule has 2 aromatic rings. The number of nitrogens with one attached hydrogen (secondary N) is 1. The van der Waals surface area contributed by atoms with Crippen molar-refractivity contribution in [2.45, 2.75) is 32.3 Å². The van der Waals surface area contributed by atoms with Crippen molar-refractivity contribution in [3.8, 4) is 0 Å². The first-order valence-corrected chi connectivity index (χ1v) is 7.82. The molecule has 0 aromatic heterocycles. The number of amides is 1. The Morgan fingerprint density at radius 2 is 1.95 bits per heavy atom. The van der Waals surface area contributed by atoms with Crippen LogP contribution in [0.1, 0.15) is 43.4 Å². The van der Waals surface area contributed by atoms with E-state index in [0.717, 1.165) is 18.4 Å². The molecule has 0 bridgehead atoms. The van der Waals surface area contributed by atoms with Crippen LogP contribution in [-0.2, 0) is 4.79 Å². The minimum atomic E-state index is -0.832. The van der Waals surface area contributed by atoms with Crippen molar-refractivity contribution in [1.82, 2.24) is 0 Å². The van der Waals surface area contributed by atoms with Gasteiger partial charge in [0.05, 0.1) is 0 Å². The molecular weight excluding hydrogens is 298 g/mol. The molecule has 1 amide bonds. The van der Waals surface area contributed by atoms with Crippen LogP contribution >= 0.6 is 11.6 Å². The minimum Gasteiger partial charge on any atom is -0.384 e. The Labute approximate surface area is 135 Å². The number of carbonyl (C=O) groups is 1. The van der Waals surface area contributed by atoms with E-state index in [1.807, 2.05) is 37.3 Å². The lowest BCUT2D eigenvalue weighted by Gasteiger charge is -2.17. The average Bonchev–Trinajstić information content (AvgIpc) is 2.54. The molecule has 1 atom stereocenters. The highest BCUT2D eigenvalue weighted by atomic mass is 35.5. The number of benzene rings is 2. The number of aliphatic hydroxyl groups excluding tert-OH is 1. The molecule has 0 saturated carbocycles. The highest BCUT2D eigenvalue weighted by Crippen LogP contribution is 2.31. The number of hydrogen-bond acceptors (Lipinski definition) is 2. The second-order valence-corrected chi connectivity index (χ2v) is 5.63. The van der Waals surface area contributed by atoms with E-state index >= 15 is 0 Å². The molecule has 0 radical (unpaired) electrons. The van der Waals surface area contributed by atoms with Gasteiger partial charge in [-0.2, -0.15) is 0 Å². The molecule has 3 nitrogen and oxygen atoms in total. The van der Waals surface area contributed by atoms with Gasteiger partial charge in [0.25, 0.3) is 0 Å². The Morgan fingerprint density at radius 3 is 2.64 bits per heavy atom. The third kappa shape index (κ3) is 4.33. The maximum atomic E-state index is 11.9. The standard InChI is InChI=1S/C18H20ClNO2/c1-2-3-9-17(21)20-16-11-10-14(19)12-15(16)18(22)13-7-5-4-6-8-13/h4-8,10-12,18,22H,2-3,9H2,1H3,(H,20,21). The molecule has 0 spiro atoms. The first-order chi connectivity index (χ1) is 10.6. The zero-order valence-electron chi connectivity index (χ0n) is 12.6. The smallest absolute Gasteiger partial charge is 0.224 e. The maximum absolute atomic E-state index is 11.9. The second-order valence-electron chi connectivity index (χ2n) is 5.20. The molecule has 0 aliphatic rings. The molecule has 0 aliphatic heterocycles. The summed E-state index contributed by atoms with van der Waals surface area (Å²) >= 11 is 6.04. The summed E-state index contributed by atoms with van der Waals surface area (Å²) in [5.74, 6) is -0.0503. The van der Waals surface area contributed by atoms with E-state index in [1.165, 1.54) is 0 Å². The molecule has 116 valence electrons. The molecule has 0 fully saturated rings. The van der Waals surface area contributed by atoms with Crippen LogP contribution in [0.4, 0.5) is 5.69 Å². The van der Waals surface area contributed by atoms with Crippen molar-refractivity contribution in [2.24, 2.45) is 0 Å². The van der Waals surface area contributed by atoms with E-state index in [9.17, 15) is 9.90 Å². The van der Waals surface area contributed by atoms with E-state index < -0.39 is 6.10 Å². The van der Waals surface area contributed by atoms with Crippen LogP contribution in [0.15, 0.2) is 48.5 Å². The molecule has 0 saturated heterocycles. The Morgan fingerprint density at radius 1 is 1.23 bits per heavy atom. The van der Waals surface area contributed by atoms with Crippen molar-refractivity contribution in [1.29, 1.82) is 0 Å². The van der Waals surface area contributed by atoms with Crippen molar-refractivity contribution in [3.63, 3.8) is 0 Å². The number of carbonyl (C=O) groups excluding carboxylic acids is 1. The number of aliphatic hydroxyl groups is 1. The number of hydrogen-bond donors (Lipinski definition) is 2. The first kappa shape index (κ1) is 16.5.